The van der Waals surface area contributed by atoms with Crippen LogP contribution in [0.25, 0.3) is 5.69 Å². The van der Waals surface area contributed by atoms with Gasteiger partial charge in [-0.1, -0.05) is 30.3 Å². The molecule has 1 saturated heterocycles. The van der Waals surface area contributed by atoms with E-state index in [0.717, 1.165) is 22.8 Å². The van der Waals surface area contributed by atoms with Gasteiger partial charge in [0, 0.05) is 31.1 Å². The highest BCUT2D eigenvalue weighted by atomic mass is 32.1. The molecule has 0 unspecified atom stereocenters. The Morgan fingerprint density at radius 1 is 1.08 bits per heavy atom. The minimum Gasteiger partial charge on any atom is -0.495 e. The van der Waals surface area contributed by atoms with Crippen molar-refractivity contribution in [3.8, 4) is 11.4 Å². The lowest BCUT2D eigenvalue weighted by atomic mass is 10.0. The van der Waals surface area contributed by atoms with Crippen LogP contribution < -0.4 is 15.4 Å². The maximum atomic E-state index is 14.0. The summed E-state index contributed by atoms with van der Waals surface area (Å²) < 4.78 is 21.7. The number of nitrogens with one attached hydrogen (secondary N) is 2. The summed E-state index contributed by atoms with van der Waals surface area (Å²) in [5.74, 6) is -0.0383. The zero-order valence-electron chi connectivity index (χ0n) is 20.2. The Bertz CT molecular complexity index is 1410. The highest BCUT2D eigenvalue weighted by Gasteiger charge is 2.41. The van der Waals surface area contributed by atoms with Crippen molar-refractivity contribution in [2.75, 3.05) is 19.0 Å². The van der Waals surface area contributed by atoms with Crippen LogP contribution in [-0.4, -0.2) is 39.1 Å². The van der Waals surface area contributed by atoms with E-state index in [1.54, 1.807) is 25.4 Å². The summed E-state index contributed by atoms with van der Waals surface area (Å²) in [4.78, 5) is 19.3. The largest absolute Gasteiger partial charge is 0.495 e. The number of hydrogen-bond acceptors (Lipinski definition) is 4. The molecule has 1 amide bonds. The molecule has 4 aromatic rings. The molecule has 2 N–H and O–H groups in total. The Morgan fingerprint density at radius 3 is 2.65 bits per heavy atom. The van der Waals surface area contributed by atoms with Crippen molar-refractivity contribution in [1.82, 2.24) is 19.8 Å². The fourth-order valence-corrected chi connectivity index (χ4v) is 4.98. The van der Waals surface area contributed by atoms with E-state index >= 15 is 0 Å². The summed E-state index contributed by atoms with van der Waals surface area (Å²) in [6.07, 6.45) is 3.85. The zero-order valence-corrected chi connectivity index (χ0v) is 21.0. The molecule has 0 saturated carbocycles. The molecule has 0 bridgehead atoms. The van der Waals surface area contributed by atoms with Gasteiger partial charge in [-0.05, 0) is 60.7 Å². The average Bonchev–Trinajstić information content (AvgIpc) is 3.53. The van der Waals surface area contributed by atoms with E-state index in [1.807, 2.05) is 65.7 Å². The van der Waals surface area contributed by atoms with E-state index in [0.29, 0.717) is 11.7 Å². The molecular formula is C28H26FN5O2S. The Balaban J connectivity index is 1.47. The summed E-state index contributed by atoms with van der Waals surface area (Å²) >= 11 is 5.74. The van der Waals surface area contributed by atoms with Gasteiger partial charge in [-0.25, -0.2) is 4.39 Å². The summed E-state index contributed by atoms with van der Waals surface area (Å²) in [5.41, 5.74) is 2.84. The maximum Gasteiger partial charge on any atom is 0.226 e. The maximum absolute atomic E-state index is 14.0. The van der Waals surface area contributed by atoms with E-state index in [9.17, 15) is 9.18 Å². The van der Waals surface area contributed by atoms with E-state index in [1.165, 1.54) is 12.1 Å². The van der Waals surface area contributed by atoms with Crippen molar-refractivity contribution in [2.45, 2.75) is 18.5 Å². The second-order valence-electron chi connectivity index (χ2n) is 8.57. The quantitative estimate of drug-likeness (QED) is 0.321. The number of carbonyl (C=O) groups is 1. The molecule has 2 atom stereocenters. The number of methoxy groups -OCH3 is 1. The van der Waals surface area contributed by atoms with Crippen LogP contribution in [0.5, 0.6) is 5.75 Å². The number of pyridine rings is 1. The summed E-state index contributed by atoms with van der Waals surface area (Å²) in [6.45, 7) is 0.331. The molecule has 7 nitrogen and oxygen atoms in total. The number of nitrogens with zero attached hydrogens (tertiary/aromatic N) is 3. The smallest absolute Gasteiger partial charge is 0.226 e. The molecule has 5 rings (SSSR count). The number of thiocarbonyl (C=S) groups is 1. The van der Waals surface area contributed by atoms with Crippen molar-refractivity contribution < 1.29 is 13.9 Å². The Labute approximate surface area is 219 Å². The molecule has 9 heteroatoms. The number of benzene rings is 2. The summed E-state index contributed by atoms with van der Waals surface area (Å²) in [5, 5.41) is 6.58. The second-order valence-corrected chi connectivity index (χ2v) is 8.96. The first kappa shape index (κ1) is 24.5. The third-order valence-corrected chi connectivity index (χ3v) is 6.71. The van der Waals surface area contributed by atoms with E-state index in [4.69, 9.17) is 17.0 Å². The van der Waals surface area contributed by atoms with Gasteiger partial charge in [0.2, 0.25) is 5.91 Å². The fourth-order valence-electron chi connectivity index (χ4n) is 4.65. The topological polar surface area (TPSA) is 71.4 Å². The molecule has 0 spiro atoms. The number of aromatic nitrogens is 2. The normalized spacial score (nSPS) is 16.9. The van der Waals surface area contributed by atoms with Crippen molar-refractivity contribution >= 4 is 28.9 Å². The predicted octanol–water partition coefficient (Wildman–Crippen LogP) is 5.02. The first-order chi connectivity index (χ1) is 18.1. The number of anilines is 1. The molecule has 0 radical (unpaired) electrons. The molecule has 1 aliphatic heterocycles. The minimum atomic E-state index is -0.475. The molecular weight excluding hydrogens is 489 g/mol. The van der Waals surface area contributed by atoms with Gasteiger partial charge in [0.15, 0.2) is 5.11 Å². The van der Waals surface area contributed by atoms with Crippen LogP contribution in [0.4, 0.5) is 10.1 Å². The number of rotatable bonds is 8. The van der Waals surface area contributed by atoms with Crippen LogP contribution in [0.3, 0.4) is 0 Å². The van der Waals surface area contributed by atoms with E-state index < -0.39 is 5.82 Å². The molecule has 188 valence electrons. The van der Waals surface area contributed by atoms with E-state index in [2.05, 4.69) is 20.2 Å². The fraction of sp³-hybridized carbons (Fsp3) is 0.179. The van der Waals surface area contributed by atoms with Gasteiger partial charge < -0.3 is 24.8 Å². The van der Waals surface area contributed by atoms with Crippen LogP contribution in [0.1, 0.15) is 29.9 Å². The molecule has 2 aromatic heterocycles. The molecule has 2 aromatic carbocycles. The lowest BCUT2D eigenvalue weighted by molar-refractivity contribution is -0.116. The number of carbonyl (C=O) groups excluding carboxylic acids is 1. The Kier molecular flexibility index (Phi) is 7.14. The number of hydrogen-bond donors (Lipinski definition) is 2. The monoisotopic (exact) mass is 515 g/mol. The highest BCUT2D eigenvalue weighted by molar-refractivity contribution is 7.80. The van der Waals surface area contributed by atoms with Gasteiger partial charge in [-0.3, -0.25) is 9.78 Å². The van der Waals surface area contributed by atoms with Gasteiger partial charge in [0.25, 0.3) is 0 Å². The number of para-hydroxylation sites is 3. The van der Waals surface area contributed by atoms with Gasteiger partial charge >= 0.3 is 0 Å². The number of amides is 1. The van der Waals surface area contributed by atoms with Gasteiger partial charge in [-0.15, -0.1) is 0 Å². The Morgan fingerprint density at radius 2 is 1.86 bits per heavy atom. The number of ether oxygens (including phenoxy) is 1. The van der Waals surface area contributed by atoms with Gasteiger partial charge in [0.05, 0.1) is 36.3 Å². The third-order valence-electron chi connectivity index (χ3n) is 6.35. The SMILES string of the molecule is COc1ccccc1-n1cccc1[C@H]1[C@@H](c2ccccn2)NC(=S)N1CCC(=O)Nc1ccccc1F. The van der Waals surface area contributed by atoms with Crippen molar-refractivity contribution in [3.63, 3.8) is 0 Å². The average molecular weight is 516 g/mol. The lowest BCUT2D eigenvalue weighted by Gasteiger charge is -2.29. The van der Waals surface area contributed by atoms with Crippen LogP contribution >= 0.6 is 12.2 Å². The predicted molar refractivity (Wildman–Crippen MR) is 144 cm³/mol. The van der Waals surface area contributed by atoms with Crippen LogP contribution in [0.2, 0.25) is 0 Å². The Hall–Kier alpha value is -4.24. The standard InChI is InChI=1S/C28H26FN5O2S/c1-36-24-14-5-4-12-22(24)33-17-8-13-23(33)27-26(21-11-6-7-16-30-21)32-28(37)34(27)18-15-25(35)31-20-10-3-2-9-19(20)29/h2-14,16-17,26-27H,15,18H2,1H3,(H,31,35)(H,32,37)/t26-,27+/m1/s1. The van der Waals surface area contributed by atoms with Gasteiger partial charge in [-0.2, -0.15) is 0 Å². The number of halogens is 1. The molecule has 0 aliphatic carbocycles. The molecule has 3 heterocycles. The van der Waals surface area contributed by atoms with Crippen molar-refractivity contribution in [3.05, 3.63) is 108 Å². The van der Waals surface area contributed by atoms with E-state index in [-0.39, 0.29) is 30.1 Å². The van der Waals surface area contributed by atoms with Crippen molar-refractivity contribution in [2.24, 2.45) is 0 Å². The molecule has 1 aliphatic rings. The van der Waals surface area contributed by atoms with Crippen LogP contribution in [-0.2, 0) is 4.79 Å². The highest BCUT2D eigenvalue weighted by Crippen LogP contribution is 2.40. The second kappa shape index (κ2) is 10.8. The van der Waals surface area contributed by atoms with Gasteiger partial charge in [0.1, 0.15) is 11.6 Å². The first-order valence-electron chi connectivity index (χ1n) is 11.9. The molecule has 37 heavy (non-hydrogen) atoms. The van der Waals surface area contributed by atoms with Crippen molar-refractivity contribution in [1.29, 1.82) is 0 Å². The van der Waals surface area contributed by atoms with Crippen LogP contribution in [0, 0.1) is 5.82 Å². The lowest BCUT2D eigenvalue weighted by Crippen LogP contribution is -2.33. The summed E-state index contributed by atoms with van der Waals surface area (Å²) in [6, 6.07) is 23.2. The summed E-state index contributed by atoms with van der Waals surface area (Å²) in [7, 11) is 1.64. The minimum absolute atomic E-state index is 0.122. The molecule has 1 fully saturated rings. The first-order valence-corrected chi connectivity index (χ1v) is 12.3. The zero-order chi connectivity index (χ0) is 25.8. The third kappa shape index (κ3) is 5.03. The van der Waals surface area contributed by atoms with Crippen LogP contribution in [0.15, 0.2) is 91.3 Å².